The summed E-state index contributed by atoms with van der Waals surface area (Å²) in [4.78, 5) is 12.4. The first kappa shape index (κ1) is 26.5. The number of ether oxygens (including phenoxy) is 2. The lowest BCUT2D eigenvalue weighted by Crippen LogP contribution is -2.25. The molecule has 194 valence electrons. The number of nitrogens with one attached hydrogen (secondary N) is 2. The number of carbonyl (C=O) groups excluding carboxylic acids is 1. The Morgan fingerprint density at radius 1 is 1.16 bits per heavy atom. The highest BCUT2D eigenvalue weighted by atomic mass is 16.5. The van der Waals surface area contributed by atoms with Crippen molar-refractivity contribution in [2.24, 2.45) is 17.8 Å². The second kappa shape index (κ2) is 12.6. The number of carbonyl (C=O) groups is 1. The van der Waals surface area contributed by atoms with Gasteiger partial charge in [0.05, 0.1) is 18.8 Å². The summed E-state index contributed by atoms with van der Waals surface area (Å²) in [5.74, 6) is 6.64. The quantitative estimate of drug-likeness (QED) is 0.175. The van der Waals surface area contributed by atoms with Crippen molar-refractivity contribution in [1.82, 2.24) is 0 Å². The lowest BCUT2D eigenvalue weighted by molar-refractivity contribution is -0.135. The van der Waals surface area contributed by atoms with E-state index in [9.17, 15) is 4.79 Å². The van der Waals surface area contributed by atoms with E-state index in [4.69, 9.17) is 20.0 Å². The van der Waals surface area contributed by atoms with E-state index in [-0.39, 0.29) is 30.1 Å². The van der Waals surface area contributed by atoms with Crippen LogP contribution in [0.4, 0.5) is 5.69 Å². The molecule has 0 aromatic heterocycles. The van der Waals surface area contributed by atoms with E-state index < -0.39 is 5.97 Å². The Kier molecular flexibility index (Phi) is 9.03. The first-order valence-electron chi connectivity index (χ1n) is 13.1. The maximum atomic E-state index is 12.4. The normalized spacial score (nSPS) is 20.5. The van der Waals surface area contributed by atoms with E-state index in [1.54, 1.807) is 0 Å². The average Bonchev–Trinajstić information content (AvgIpc) is 3.71. The predicted molar refractivity (Wildman–Crippen MR) is 146 cm³/mol. The van der Waals surface area contributed by atoms with Crippen LogP contribution >= 0.6 is 0 Å². The minimum Gasteiger partial charge on any atom is -0.490 e. The number of benzene rings is 2. The van der Waals surface area contributed by atoms with Crippen molar-refractivity contribution in [3.05, 3.63) is 59.8 Å². The van der Waals surface area contributed by atoms with E-state index in [2.05, 4.69) is 36.2 Å². The van der Waals surface area contributed by atoms with Crippen LogP contribution < -0.4 is 10.1 Å². The van der Waals surface area contributed by atoms with Crippen LogP contribution in [-0.4, -0.2) is 37.1 Å². The number of hydrogen-bond donors (Lipinski definition) is 3. The summed E-state index contributed by atoms with van der Waals surface area (Å²) < 4.78 is 11.3. The Morgan fingerprint density at radius 3 is 2.59 bits per heavy atom. The number of hydrogen-bond acceptors (Lipinski definition) is 6. The second-order valence-electron chi connectivity index (χ2n) is 9.85. The Labute approximate surface area is 219 Å². The third-order valence-corrected chi connectivity index (χ3v) is 7.31. The van der Waals surface area contributed by atoms with Crippen molar-refractivity contribution in [1.29, 1.82) is 5.41 Å². The number of allylic oxidation sites excluding steroid dienone is 1. The summed E-state index contributed by atoms with van der Waals surface area (Å²) >= 11 is 0. The molecule has 0 bridgehead atoms. The molecule has 2 fully saturated rings. The fourth-order valence-electron chi connectivity index (χ4n) is 5.16. The van der Waals surface area contributed by atoms with Crippen molar-refractivity contribution in [3.8, 4) is 28.7 Å². The van der Waals surface area contributed by atoms with Gasteiger partial charge in [-0.3, -0.25) is 0 Å². The van der Waals surface area contributed by atoms with Crippen LogP contribution in [0.3, 0.4) is 0 Å². The number of aliphatic hydroxyl groups is 1. The predicted octanol–water partition coefficient (Wildman–Crippen LogP) is 5.82. The van der Waals surface area contributed by atoms with Gasteiger partial charge in [-0.2, -0.15) is 0 Å². The molecule has 0 amide bonds. The molecule has 0 spiro atoms. The average molecular weight is 501 g/mol. The minimum absolute atomic E-state index is 0.0254. The van der Waals surface area contributed by atoms with Gasteiger partial charge in [0.1, 0.15) is 12.4 Å². The molecular weight excluding hydrogens is 464 g/mol. The highest BCUT2D eigenvalue weighted by Crippen LogP contribution is 2.45. The zero-order valence-electron chi connectivity index (χ0n) is 21.6. The standard InChI is InChI=1S/C31H36N2O4/c1-21(22-9-4-3-5-10-22)37-27-15-7-12-24(18-27)23-11-6-14-26(17-23)33-30(29(20-32)31(35)36-2)28-19-25(28)13-8-16-34/h6-7,11-12,14-15,17-18,20-22,25,28,32-34H,3-5,9-10,16,19H2,1-2H3/b30-29+,32-20?/t21?,25?,28-/m1/s1. The Hall–Kier alpha value is -3.56. The molecule has 2 aliphatic carbocycles. The van der Waals surface area contributed by atoms with Gasteiger partial charge in [-0.25, -0.2) is 4.79 Å². The molecule has 6 nitrogen and oxygen atoms in total. The van der Waals surface area contributed by atoms with Crippen molar-refractivity contribution >= 4 is 17.9 Å². The Balaban J connectivity index is 1.55. The summed E-state index contributed by atoms with van der Waals surface area (Å²) in [6.07, 6.45) is 8.36. The molecule has 0 radical (unpaired) electrons. The molecule has 2 aromatic rings. The Morgan fingerprint density at radius 2 is 1.89 bits per heavy atom. The van der Waals surface area contributed by atoms with Crippen LogP contribution in [-0.2, 0) is 9.53 Å². The first-order chi connectivity index (χ1) is 18.0. The van der Waals surface area contributed by atoms with Gasteiger partial charge >= 0.3 is 5.97 Å². The zero-order valence-corrected chi connectivity index (χ0v) is 21.6. The molecule has 2 aromatic carbocycles. The van der Waals surface area contributed by atoms with Crippen LogP contribution in [0.2, 0.25) is 0 Å². The largest absolute Gasteiger partial charge is 0.490 e. The zero-order chi connectivity index (χ0) is 26.2. The van der Waals surface area contributed by atoms with Gasteiger partial charge in [0.2, 0.25) is 0 Å². The fourth-order valence-corrected chi connectivity index (χ4v) is 5.16. The van der Waals surface area contributed by atoms with Crippen LogP contribution in [0.1, 0.15) is 45.4 Å². The summed E-state index contributed by atoms with van der Waals surface area (Å²) in [5, 5.41) is 20.2. The summed E-state index contributed by atoms with van der Waals surface area (Å²) in [6.45, 7) is 1.98. The number of aliphatic hydroxyl groups excluding tert-OH is 1. The smallest absolute Gasteiger partial charge is 0.341 e. The molecule has 4 rings (SSSR count). The van der Waals surface area contributed by atoms with Crippen LogP contribution in [0.5, 0.6) is 5.75 Å². The SMILES string of the molecule is COC(=O)/C(C=N)=C(/Nc1cccc(-c2cccc(OC(C)C3CCCCC3)c2)c1)[C@@H]1CC1C#CCO. The molecule has 0 heterocycles. The third kappa shape index (κ3) is 6.81. The van der Waals surface area contributed by atoms with E-state index in [0.29, 0.717) is 11.6 Å². The van der Waals surface area contributed by atoms with Gasteiger partial charge in [0.15, 0.2) is 0 Å². The third-order valence-electron chi connectivity index (χ3n) is 7.31. The van der Waals surface area contributed by atoms with E-state index in [1.807, 2.05) is 36.4 Å². The van der Waals surface area contributed by atoms with Crippen LogP contribution in [0.15, 0.2) is 59.8 Å². The Bertz CT molecular complexity index is 1200. The van der Waals surface area contributed by atoms with Gasteiger partial charge in [-0.05, 0) is 67.5 Å². The number of methoxy groups -OCH3 is 1. The van der Waals surface area contributed by atoms with E-state index in [1.165, 1.54) is 39.2 Å². The van der Waals surface area contributed by atoms with Gasteiger partial charge in [-0.1, -0.05) is 55.4 Å². The highest BCUT2D eigenvalue weighted by molar-refractivity contribution is 6.09. The molecule has 3 atom stereocenters. The monoisotopic (exact) mass is 500 g/mol. The molecule has 6 heteroatoms. The summed E-state index contributed by atoms with van der Waals surface area (Å²) in [6, 6.07) is 16.1. The number of rotatable bonds is 9. The minimum atomic E-state index is -0.564. The molecule has 2 aliphatic rings. The van der Waals surface area contributed by atoms with Crippen LogP contribution in [0, 0.1) is 35.0 Å². The maximum absolute atomic E-state index is 12.4. The molecular formula is C31H36N2O4. The van der Waals surface area contributed by atoms with Crippen molar-refractivity contribution in [3.63, 3.8) is 0 Å². The molecule has 3 N–H and O–H groups in total. The van der Waals surface area contributed by atoms with Gasteiger partial charge in [0, 0.05) is 29.4 Å². The highest BCUT2D eigenvalue weighted by Gasteiger charge is 2.41. The maximum Gasteiger partial charge on any atom is 0.341 e. The molecule has 0 saturated heterocycles. The van der Waals surface area contributed by atoms with Crippen molar-refractivity contribution in [2.45, 2.75) is 51.6 Å². The fraction of sp³-hybridized carbons (Fsp3) is 0.419. The second-order valence-corrected chi connectivity index (χ2v) is 9.85. The molecule has 37 heavy (non-hydrogen) atoms. The summed E-state index contributed by atoms with van der Waals surface area (Å²) in [7, 11) is 1.31. The molecule has 0 aliphatic heterocycles. The number of esters is 1. The summed E-state index contributed by atoms with van der Waals surface area (Å²) in [5.41, 5.74) is 3.66. The lowest BCUT2D eigenvalue weighted by atomic mass is 9.86. The molecule has 2 saturated carbocycles. The van der Waals surface area contributed by atoms with Crippen molar-refractivity contribution in [2.75, 3.05) is 19.0 Å². The lowest BCUT2D eigenvalue weighted by Gasteiger charge is -2.28. The first-order valence-corrected chi connectivity index (χ1v) is 13.1. The van der Waals surface area contributed by atoms with Crippen molar-refractivity contribution < 1.29 is 19.4 Å². The number of anilines is 1. The van der Waals surface area contributed by atoms with Crippen LogP contribution in [0.25, 0.3) is 11.1 Å². The van der Waals surface area contributed by atoms with E-state index >= 15 is 0 Å². The topological polar surface area (TPSA) is 91.6 Å². The van der Waals surface area contributed by atoms with Gasteiger partial charge in [0.25, 0.3) is 0 Å². The van der Waals surface area contributed by atoms with Gasteiger partial charge in [-0.15, -0.1) is 0 Å². The molecule has 2 unspecified atom stereocenters. The van der Waals surface area contributed by atoms with Gasteiger partial charge < -0.3 is 25.3 Å². The van der Waals surface area contributed by atoms with E-state index in [0.717, 1.165) is 35.2 Å².